The number of allylic oxidation sites excluding steroid dienone is 2. The lowest BCUT2D eigenvalue weighted by molar-refractivity contribution is -0.139. The Bertz CT molecular complexity index is 393. The molecule has 1 rings (SSSR count). The molecule has 3 heteroatoms. The predicted octanol–water partition coefficient (Wildman–Crippen LogP) is 3.63. The van der Waals surface area contributed by atoms with Crippen LogP contribution in [-0.4, -0.2) is 23.8 Å². The van der Waals surface area contributed by atoms with Gasteiger partial charge in [0, 0.05) is 6.92 Å². The second-order valence-corrected chi connectivity index (χ2v) is 6.48. The van der Waals surface area contributed by atoms with Crippen LogP contribution in [0.15, 0.2) is 23.8 Å². The van der Waals surface area contributed by atoms with Crippen molar-refractivity contribution in [3.8, 4) is 0 Å². The van der Waals surface area contributed by atoms with Gasteiger partial charge in [-0.05, 0) is 50.0 Å². The maximum atomic E-state index is 10.7. The maximum absolute atomic E-state index is 10.7. The number of ether oxygens (including phenoxy) is 1. The number of aliphatic hydroxyl groups is 1. The summed E-state index contributed by atoms with van der Waals surface area (Å²) in [7, 11) is 0. The van der Waals surface area contributed by atoms with Gasteiger partial charge in [-0.3, -0.25) is 4.79 Å². The zero-order valence-corrected chi connectivity index (χ0v) is 13.2. The summed E-state index contributed by atoms with van der Waals surface area (Å²) in [6, 6.07) is 0. The lowest BCUT2D eigenvalue weighted by Crippen LogP contribution is -2.41. The van der Waals surface area contributed by atoms with E-state index in [-0.39, 0.29) is 17.5 Å². The van der Waals surface area contributed by atoms with Crippen LogP contribution in [0.1, 0.15) is 53.4 Å². The van der Waals surface area contributed by atoms with Crippen molar-refractivity contribution in [1.29, 1.82) is 0 Å². The van der Waals surface area contributed by atoms with E-state index in [0.29, 0.717) is 12.5 Å². The SMILES string of the molecule is C=C1CC[C@H](O)C(C)(C)[C@@H]1CC/C(C)=C/COC(C)=O. The van der Waals surface area contributed by atoms with Gasteiger partial charge in [-0.15, -0.1) is 0 Å². The molecule has 0 amide bonds. The number of carbonyl (C=O) groups is 1. The van der Waals surface area contributed by atoms with Crippen LogP contribution in [0.5, 0.6) is 0 Å². The van der Waals surface area contributed by atoms with E-state index in [9.17, 15) is 9.90 Å². The highest BCUT2D eigenvalue weighted by atomic mass is 16.5. The second-order valence-electron chi connectivity index (χ2n) is 6.48. The average molecular weight is 280 g/mol. The van der Waals surface area contributed by atoms with E-state index in [0.717, 1.165) is 25.7 Å². The third kappa shape index (κ3) is 4.48. The van der Waals surface area contributed by atoms with Gasteiger partial charge >= 0.3 is 5.97 Å². The Balaban J connectivity index is 2.54. The minimum atomic E-state index is -0.251. The van der Waals surface area contributed by atoms with Crippen molar-refractivity contribution in [3.05, 3.63) is 23.8 Å². The minimum absolute atomic E-state index is 0.106. The average Bonchev–Trinajstić information content (AvgIpc) is 2.33. The van der Waals surface area contributed by atoms with Gasteiger partial charge in [0.1, 0.15) is 6.61 Å². The van der Waals surface area contributed by atoms with Gasteiger partial charge in [0.15, 0.2) is 0 Å². The van der Waals surface area contributed by atoms with Crippen LogP contribution in [-0.2, 0) is 9.53 Å². The lowest BCUT2D eigenvalue weighted by Gasteiger charge is -2.44. The van der Waals surface area contributed by atoms with Crippen molar-refractivity contribution >= 4 is 5.97 Å². The fourth-order valence-electron chi connectivity index (χ4n) is 2.98. The monoisotopic (exact) mass is 280 g/mol. The Kier molecular flexibility index (Phi) is 6.00. The van der Waals surface area contributed by atoms with E-state index < -0.39 is 0 Å². The zero-order valence-electron chi connectivity index (χ0n) is 13.2. The molecular formula is C17H28O3. The minimum Gasteiger partial charge on any atom is -0.462 e. The molecule has 3 nitrogen and oxygen atoms in total. The molecule has 1 N–H and O–H groups in total. The quantitative estimate of drug-likeness (QED) is 0.618. The van der Waals surface area contributed by atoms with Gasteiger partial charge in [-0.2, -0.15) is 0 Å². The first-order chi connectivity index (χ1) is 9.25. The molecule has 20 heavy (non-hydrogen) atoms. The molecule has 0 saturated heterocycles. The van der Waals surface area contributed by atoms with Crippen LogP contribution in [0.25, 0.3) is 0 Å². The van der Waals surface area contributed by atoms with Crippen molar-refractivity contribution in [1.82, 2.24) is 0 Å². The van der Waals surface area contributed by atoms with Crippen molar-refractivity contribution in [3.63, 3.8) is 0 Å². The summed E-state index contributed by atoms with van der Waals surface area (Å²) in [6.07, 6.45) is 5.39. The summed E-state index contributed by atoms with van der Waals surface area (Å²) in [5.74, 6) is 0.0993. The highest BCUT2D eigenvalue weighted by Crippen LogP contribution is 2.45. The number of aliphatic hydroxyl groups excluding tert-OH is 1. The van der Waals surface area contributed by atoms with E-state index in [1.165, 1.54) is 18.1 Å². The molecule has 0 bridgehead atoms. The molecule has 0 aromatic rings. The molecule has 0 aromatic carbocycles. The predicted molar refractivity (Wildman–Crippen MR) is 81.3 cm³/mol. The Morgan fingerprint density at radius 3 is 2.75 bits per heavy atom. The smallest absolute Gasteiger partial charge is 0.302 e. The zero-order chi connectivity index (χ0) is 15.3. The van der Waals surface area contributed by atoms with E-state index in [1.54, 1.807) is 0 Å². The molecule has 1 aliphatic carbocycles. The third-order valence-electron chi connectivity index (χ3n) is 4.53. The van der Waals surface area contributed by atoms with Crippen LogP contribution < -0.4 is 0 Å². The van der Waals surface area contributed by atoms with E-state index in [2.05, 4.69) is 27.4 Å². The van der Waals surface area contributed by atoms with Crippen molar-refractivity contribution < 1.29 is 14.6 Å². The van der Waals surface area contributed by atoms with Crippen molar-refractivity contribution in [2.75, 3.05) is 6.61 Å². The van der Waals surface area contributed by atoms with Gasteiger partial charge in [-0.25, -0.2) is 0 Å². The summed E-state index contributed by atoms with van der Waals surface area (Å²) in [5, 5.41) is 10.2. The number of hydrogen-bond donors (Lipinski definition) is 1. The van der Waals surface area contributed by atoms with Crippen LogP contribution in [0.4, 0.5) is 0 Å². The molecule has 0 heterocycles. The summed E-state index contributed by atoms with van der Waals surface area (Å²) in [5.41, 5.74) is 2.37. The second kappa shape index (κ2) is 7.07. The molecule has 2 atom stereocenters. The number of carbonyl (C=O) groups excluding carboxylic acids is 1. The van der Waals surface area contributed by atoms with Crippen LogP contribution >= 0.6 is 0 Å². The standard InChI is InChI=1S/C17H28O3/c1-12(10-11-20-14(3)18)6-8-15-13(2)7-9-16(19)17(15,4)5/h10,15-16,19H,2,6-9,11H2,1,3-5H3/b12-10+/t15-,16+/m1/s1. The molecule has 0 unspecified atom stereocenters. The van der Waals surface area contributed by atoms with Gasteiger partial charge in [0.2, 0.25) is 0 Å². The molecule has 1 aliphatic rings. The molecular weight excluding hydrogens is 252 g/mol. The number of rotatable bonds is 5. The Morgan fingerprint density at radius 2 is 2.15 bits per heavy atom. The van der Waals surface area contributed by atoms with Gasteiger partial charge in [0.05, 0.1) is 6.10 Å². The lowest BCUT2D eigenvalue weighted by atomic mass is 9.63. The van der Waals surface area contributed by atoms with E-state index in [4.69, 9.17) is 4.74 Å². The van der Waals surface area contributed by atoms with Crippen LogP contribution in [0.2, 0.25) is 0 Å². The molecule has 0 aromatic heterocycles. The summed E-state index contributed by atoms with van der Waals surface area (Å²) in [4.78, 5) is 10.7. The molecule has 0 spiro atoms. The van der Waals surface area contributed by atoms with Crippen LogP contribution in [0.3, 0.4) is 0 Å². The Labute approximate surface area is 122 Å². The number of hydrogen-bond acceptors (Lipinski definition) is 3. The topological polar surface area (TPSA) is 46.5 Å². The molecule has 114 valence electrons. The van der Waals surface area contributed by atoms with Crippen LogP contribution in [0, 0.1) is 11.3 Å². The third-order valence-corrected chi connectivity index (χ3v) is 4.53. The van der Waals surface area contributed by atoms with E-state index >= 15 is 0 Å². The maximum Gasteiger partial charge on any atom is 0.302 e. The van der Waals surface area contributed by atoms with E-state index in [1.807, 2.05) is 6.08 Å². The summed E-state index contributed by atoms with van der Waals surface area (Å²) < 4.78 is 4.91. The van der Waals surface area contributed by atoms with Gasteiger partial charge < -0.3 is 9.84 Å². The summed E-state index contributed by atoms with van der Waals surface area (Å²) in [6.45, 7) is 12.3. The molecule has 1 saturated carbocycles. The first kappa shape index (κ1) is 17.0. The molecule has 0 aliphatic heterocycles. The Morgan fingerprint density at radius 1 is 1.50 bits per heavy atom. The fourth-order valence-corrected chi connectivity index (χ4v) is 2.98. The first-order valence-corrected chi connectivity index (χ1v) is 7.40. The molecule has 1 fully saturated rings. The van der Waals surface area contributed by atoms with Crippen molar-refractivity contribution in [2.45, 2.75) is 59.5 Å². The normalized spacial score (nSPS) is 26.4. The van der Waals surface area contributed by atoms with Gasteiger partial charge in [0.25, 0.3) is 0 Å². The summed E-state index contributed by atoms with van der Waals surface area (Å²) >= 11 is 0. The Hall–Kier alpha value is -1.09. The van der Waals surface area contributed by atoms with Crippen molar-refractivity contribution in [2.24, 2.45) is 11.3 Å². The highest BCUT2D eigenvalue weighted by Gasteiger charge is 2.40. The molecule has 0 radical (unpaired) electrons. The number of esters is 1. The first-order valence-electron chi connectivity index (χ1n) is 7.40. The fraction of sp³-hybridized carbons (Fsp3) is 0.706. The van der Waals surface area contributed by atoms with Gasteiger partial charge in [-0.1, -0.05) is 31.6 Å². The largest absolute Gasteiger partial charge is 0.462 e. The highest BCUT2D eigenvalue weighted by molar-refractivity contribution is 5.66.